The molecule has 2 N–H and O–H groups in total. The van der Waals surface area contributed by atoms with E-state index in [1.807, 2.05) is 31.2 Å². The molecule has 0 radical (unpaired) electrons. The zero-order valence-corrected chi connectivity index (χ0v) is 19.4. The standard InChI is InChI=1S/C27H39NO2/c1-18-8-7-9-21(16-18)28-25(30)17-19(2)10-12-22-20(3)11-13-23-26(4,5)24(29)14-15-27(22,23)6/h7-9,16-17,22-24,29H,3,10-15H2,1-2,4-6H3,(H,28,30)/b19-17+/t22-,23-,24-,27+/m1/s1. The average molecular weight is 410 g/mol. The van der Waals surface area contributed by atoms with Crippen molar-refractivity contribution < 1.29 is 9.90 Å². The van der Waals surface area contributed by atoms with Gasteiger partial charge in [-0.3, -0.25) is 4.79 Å². The van der Waals surface area contributed by atoms with Gasteiger partial charge >= 0.3 is 0 Å². The average Bonchev–Trinajstić information content (AvgIpc) is 2.64. The van der Waals surface area contributed by atoms with Crippen molar-refractivity contribution in [3.05, 3.63) is 53.6 Å². The van der Waals surface area contributed by atoms with Gasteiger partial charge in [-0.05, 0) is 92.7 Å². The van der Waals surface area contributed by atoms with E-state index in [4.69, 9.17) is 0 Å². The van der Waals surface area contributed by atoms with Crippen molar-refractivity contribution >= 4 is 11.6 Å². The Bertz CT molecular complexity index is 837. The Morgan fingerprint density at radius 3 is 2.73 bits per heavy atom. The van der Waals surface area contributed by atoms with Gasteiger partial charge in [-0.15, -0.1) is 0 Å². The molecule has 1 aromatic rings. The van der Waals surface area contributed by atoms with Crippen molar-refractivity contribution in [3.63, 3.8) is 0 Å². The van der Waals surface area contributed by atoms with Crippen molar-refractivity contribution in [2.24, 2.45) is 22.7 Å². The van der Waals surface area contributed by atoms with Crippen LogP contribution < -0.4 is 5.32 Å². The molecule has 0 spiro atoms. The predicted molar refractivity (Wildman–Crippen MR) is 125 cm³/mol. The molecule has 1 aromatic carbocycles. The maximum atomic E-state index is 12.4. The molecule has 30 heavy (non-hydrogen) atoms. The molecule has 2 aliphatic rings. The highest BCUT2D eigenvalue weighted by Gasteiger charge is 2.55. The minimum atomic E-state index is -0.213. The summed E-state index contributed by atoms with van der Waals surface area (Å²) in [6.07, 6.45) is 7.56. The van der Waals surface area contributed by atoms with Crippen LogP contribution in [0.25, 0.3) is 0 Å². The highest BCUT2D eigenvalue weighted by atomic mass is 16.3. The normalized spacial score (nSPS) is 31.2. The summed E-state index contributed by atoms with van der Waals surface area (Å²) in [5, 5.41) is 13.6. The predicted octanol–water partition coefficient (Wildman–Crippen LogP) is 6.43. The molecule has 1 amide bonds. The number of hydrogen-bond donors (Lipinski definition) is 2. The highest BCUT2D eigenvalue weighted by molar-refractivity contribution is 5.99. The topological polar surface area (TPSA) is 49.3 Å². The largest absolute Gasteiger partial charge is 0.393 e. The molecule has 2 saturated carbocycles. The van der Waals surface area contributed by atoms with Crippen LogP contribution in [0.4, 0.5) is 5.69 Å². The molecule has 3 nitrogen and oxygen atoms in total. The lowest BCUT2D eigenvalue weighted by atomic mass is 9.46. The van der Waals surface area contributed by atoms with Gasteiger partial charge in [-0.25, -0.2) is 0 Å². The first kappa shape index (κ1) is 22.8. The van der Waals surface area contributed by atoms with Crippen LogP contribution in [0.5, 0.6) is 0 Å². The second-order valence-electron chi connectivity index (χ2n) is 10.6. The number of aryl methyl sites for hydroxylation is 1. The van der Waals surface area contributed by atoms with E-state index in [9.17, 15) is 9.90 Å². The number of carbonyl (C=O) groups is 1. The van der Waals surface area contributed by atoms with Crippen LogP contribution >= 0.6 is 0 Å². The van der Waals surface area contributed by atoms with Crippen LogP contribution in [0.1, 0.15) is 71.8 Å². The van der Waals surface area contributed by atoms with Crippen LogP contribution in [0.15, 0.2) is 48.1 Å². The SMILES string of the molecule is C=C1CC[C@@H]2C(C)(C)[C@H](O)CC[C@@]2(C)[C@@H]1CC/C(C)=C/C(=O)Nc1cccc(C)c1. The fourth-order valence-corrected chi connectivity index (χ4v) is 6.27. The minimum absolute atomic E-state index is 0.0511. The summed E-state index contributed by atoms with van der Waals surface area (Å²) in [6.45, 7) is 15.4. The molecule has 0 bridgehead atoms. The maximum absolute atomic E-state index is 12.4. The second-order valence-corrected chi connectivity index (χ2v) is 10.6. The molecule has 0 saturated heterocycles. The summed E-state index contributed by atoms with van der Waals surface area (Å²) in [7, 11) is 0. The lowest BCUT2D eigenvalue weighted by Crippen LogP contribution is -2.54. The molecule has 0 unspecified atom stereocenters. The van der Waals surface area contributed by atoms with Crippen LogP contribution in [-0.4, -0.2) is 17.1 Å². The molecular formula is C27H39NO2. The van der Waals surface area contributed by atoms with Gasteiger partial charge < -0.3 is 10.4 Å². The number of allylic oxidation sites excluding steroid dienone is 2. The van der Waals surface area contributed by atoms with Gasteiger partial charge in [0.05, 0.1) is 6.10 Å². The molecule has 0 aromatic heterocycles. The summed E-state index contributed by atoms with van der Waals surface area (Å²) in [5.41, 5.74) is 4.56. The number of nitrogens with one attached hydrogen (secondary N) is 1. The summed E-state index contributed by atoms with van der Waals surface area (Å²) < 4.78 is 0. The van der Waals surface area contributed by atoms with E-state index < -0.39 is 0 Å². The molecule has 2 aliphatic carbocycles. The molecule has 0 aliphatic heterocycles. The number of carbonyl (C=O) groups excluding carboxylic acids is 1. The lowest BCUT2D eigenvalue weighted by molar-refractivity contribution is -0.124. The van der Waals surface area contributed by atoms with E-state index in [2.05, 4.69) is 39.6 Å². The van der Waals surface area contributed by atoms with Crippen LogP contribution in [0.2, 0.25) is 0 Å². The van der Waals surface area contributed by atoms with Crippen molar-refractivity contribution in [1.82, 2.24) is 0 Å². The van der Waals surface area contributed by atoms with Gasteiger partial charge in [0.1, 0.15) is 0 Å². The number of aliphatic hydroxyl groups is 1. The Hall–Kier alpha value is -1.87. The molecule has 0 heterocycles. The monoisotopic (exact) mass is 409 g/mol. The van der Waals surface area contributed by atoms with Gasteiger partial charge in [0, 0.05) is 11.8 Å². The van der Waals surface area contributed by atoms with E-state index >= 15 is 0 Å². The Morgan fingerprint density at radius 2 is 2.03 bits per heavy atom. The van der Waals surface area contributed by atoms with E-state index in [0.717, 1.165) is 55.3 Å². The van der Waals surface area contributed by atoms with Crippen molar-refractivity contribution in [2.75, 3.05) is 5.32 Å². The van der Waals surface area contributed by atoms with Gasteiger partial charge in [-0.2, -0.15) is 0 Å². The zero-order chi connectivity index (χ0) is 22.1. The van der Waals surface area contributed by atoms with Crippen molar-refractivity contribution in [1.29, 1.82) is 0 Å². The fraction of sp³-hybridized carbons (Fsp3) is 0.593. The number of aliphatic hydroxyl groups excluding tert-OH is 1. The first-order valence-electron chi connectivity index (χ1n) is 11.4. The van der Waals surface area contributed by atoms with Crippen LogP contribution in [-0.2, 0) is 4.79 Å². The quantitative estimate of drug-likeness (QED) is 0.435. The van der Waals surface area contributed by atoms with Crippen molar-refractivity contribution in [2.45, 2.75) is 79.2 Å². The van der Waals surface area contributed by atoms with Crippen LogP contribution in [0, 0.1) is 29.6 Å². The number of rotatable bonds is 5. The molecular weight excluding hydrogens is 370 g/mol. The maximum Gasteiger partial charge on any atom is 0.248 e. The molecule has 3 heteroatoms. The van der Waals surface area contributed by atoms with Crippen molar-refractivity contribution in [3.8, 4) is 0 Å². The third-order valence-corrected chi connectivity index (χ3v) is 8.04. The lowest BCUT2D eigenvalue weighted by Gasteiger charge is -2.59. The second kappa shape index (κ2) is 8.70. The van der Waals surface area contributed by atoms with E-state index in [0.29, 0.717) is 11.8 Å². The number of benzene rings is 1. The van der Waals surface area contributed by atoms with E-state index in [-0.39, 0.29) is 22.8 Å². The smallest absolute Gasteiger partial charge is 0.248 e. The Balaban J connectivity index is 1.66. The van der Waals surface area contributed by atoms with Crippen LogP contribution in [0.3, 0.4) is 0 Å². The number of amides is 1. The van der Waals surface area contributed by atoms with E-state index in [1.54, 1.807) is 6.08 Å². The fourth-order valence-electron chi connectivity index (χ4n) is 6.27. The third kappa shape index (κ3) is 4.56. The summed E-state index contributed by atoms with van der Waals surface area (Å²) in [5.74, 6) is 0.899. The minimum Gasteiger partial charge on any atom is -0.393 e. The first-order chi connectivity index (χ1) is 14.0. The highest BCUT2D eigenvalue weighted by Crippen LogP contribution is 2.61. The first-order valence-corrected chi connectivity index (χ1v) is 11.4. The molecule has 2 fully saturated rings. The number of fused-ring (bicyclic) bond motifs is 1. The summed E-state index contributed by atoms with van der Waals surface area (Å²) in [4.78, 5) is 12.4. The Labute approximate surface area is 182 Å². The molecule has 164 valence electrons. The van der Waals surface area contributed by atoms with Gasteiger partial charge in [0.25, 0.3) is 0 Å². The summed E-state index contributed by atoms with van der Waals surface area (Å²) >= 11 is 0. The summed E-state index contributed by atoms with van der Waals surface area (Å²) in [6, 6.07) is 7.87. The molecule has 4 atom stereocenters. The van der Waals surface area contributed by atoms with Gasteiger partial charge in [0.15, 0.2) is 0 Å². The van der Waals surface area contributed by atoms with Gasteiger partial charge in [0.2, 0.25) is 5.91 Å². The van der Waals surface area contributed by atoms with E-state index in [1.165, 1.54) is 5.57 Å². The number of hydrogen-bond acceptors (Lipinski definition) is 2. The Morgan fingerprint density at radius 1 is 1.30 bits per heavy atom. The Kier molecular flexibility index (Phi) is 6.62. The number of anilines is 1. The zero-order valence-electron chi connectivity index (χ0n) is 19.4. The van der Waals surface area contributed by atoms with Gasteiger partial charge in [-0.1, -0.05) is 50.6 Å². The third-order valence-electron chi connectivity index (χ3n) is 8.04. The molecule has 3 rings (SSSR count).